The number of rotatable bonds is 7. The van der Waals surface area contributed by atoms with Gasteiger partial charge in [0.1, 0.15) is 5.82 Å². The van der Waals surface area contributed by atoms with Gasteiger partial charge in [-0.25, -0.2) is 31.3 Å². The molecule has 3 N–H and O–H groups in total. The third-order valence-electron chi connectivity index (χ3n) is 4.77. The second-order valence-electron chi connectivity index (χ2n) is 7.14. The van der Waals surface area contributed by atoms with Crippen LogP contribution in [0.25, 0.3) is 11.0 Å². The number of primary sulfonamides is 1. The zero-order valence-electron chi connectivity index (χ0n) is 17.2. The van der Waals surface area contributed by atoms with Gasteiger partial charge in [-0.05, 0) is 42.5 Å². The monoisotopic (exact) mass is 465 g/mol. The minimum absolute atomic E-state index is 0.0409. The van der Waals surface area contributed by atoms with Crippen molar-refractivity contribution in [3.05, 3.63) is 48.3 Å². The quantitative estimate of drug-likeness (QED) is 0.533. The Balaban J connectivity index is 1.72. The highest BCUT2D eigenvalue weighted by Gasteiger charge is 2.19. The summed E-state index contributed by atoms with van der Waals surface area (Å²) in [5, 5.41) is 7.74. The number of aryl methyl sites for hydroxylation is 2. The molecule has 0 aliphatic heterocycles. The largest absolute Gasteiger partial charge is 0.331 e. The SMILES string of the molecule is CN(C)S(=O)(=O)c1ccc2c(c1)nc(CCC(=O)Nc1ccc(S(N)(=O)=O)cc1)n2C. The number of nitrogens with two attached hydrogens (primary N) is 1. The van der Waals surface area contributed by atoms with Crippen LogP contribution in [0.3, 0.4) is 0 Å². The van der Waals surface area contributed by atoms with Crippen LogP contribution in [-0.2, 0) is 38.3 Å². The number of sulfonamides is 2. The number of imidazole rings is 1. The van der Waals surface area contributed by atoms with Gasteiger partial charge in [-0.15, -0.1) is 0 Å². The molecule has 3 rings (SSSR count). The number of fused-ring (bicyclic) bond motifs is 1. The molecule has 0 saturated heterocycles. The first-order chi connectivity index (χ1) is 14.4. The zero-order valence-corrected chi connectivity index (χ0v) is 18.9. The average molecular weight is 466 g/mol. The number of benzene rings is 2. The summed E-state index contributed by atoms with van der Waals surface area (Å²) in [5.74, 6) is 0.361. The summed E-state index contributed by atoms with van der Waals surface area (Å²) in [6.07, 6.45) is 0.471. The van der Waals surface area contributed by atoms with Crippen molar-refractivity contribution in [3.63, 3.8) is 0 Å². The lowest BCUT2D eigenvalue weighted by Crippen LogP contribution is -2.22. The van der Waals surface area contributed by atoms with Gasteiger partial charge in [0, 0.05) is 39.7 Å². The van der Waals surface area contributed by atoms with Crippen LogP contribution in [0.5, 0.6) is 0 Å². The lowest BCUT2D eigenvalue weighted by atomic mass is 10.2. The van der Waals surface area contributed by atoms with Crippen molar-refractivity contribution in [2.45, 2.75) is 22.6 Å². The molecule has 0 atom stereocenters. The van der Waals surface area contributed by atoms with Crippen LogP contribution in [0.4, 0.5) is 5.69 Å². The Morgan fingerprint density at radius 1 is 1.06 bits per heavy atom. The molecular formula is C19H23N5O5S2. The number of nitrogens with one attached hydrogen (secondary N) is 1. The molecule has 0 aliphatic rings. The maximum atomic E-state index is 12.3. The summed E-state index contributed by atoms with van der Waals surface area (Å²) in [6.45, 7) is 0. The molecule has 0 saturated carbocycles. The zero-order chi connectivity index (χ0) is 23.0. The van der Waals surface area contributed by atoms with E-state index in [4.69, 9.17) is 5.14 Å². The van der Waals surface area contributed by atoms with Crippen molar-refractivity contribution in [3.8, 4) is 0 Å². The molecule has 1 heterocycles. The lowest BCUT2D eigenvalue weighted by molar-refractivity contribution is -0.116. The number of aromatic nitrogens is 2. The fraction of sp³-hybridized carbons (Fsp3) is 0.263. The Morgan fingerprint density at radius 2 is 1.68 bits per heavy atom. The van der Waals surface area contributed by atoms with Crippen molar-refractivity contribution in [1.29, 1.82) is 0 Å². The number of anilines is 1. The van der Waals surface area contributed by atoms with Gasteiger partial charge in [0.2, 0.25) is 26.0 Å². The maximum Gasteiger partial charge on any atom is 0.242 e. The summed E-state index contributed by atoms with van der Waals surface area (Å²) in [5.41, 5.74) is 1.73. The molecule has 0 spiro atoms. The summed E-state index contributed by atoms with van der Waals surface area (Å²) >= 11 is 0. The van der Waals surface area contributed by atoms with E-state index >= 15 is 0 Å². The Morgan fingerprint density at radius 3 is 2.26 bits per heavy atom. The predicted octanol–water partition coefficient (Wildman–Crippen LogP) is 1.04. The third kappa shape index (κ3) is 4.93. The van der Waals surface area contributed by atoms with Crippen LogP contribution in [0, 0.1) is 0 Å². The second kappa shape index (κ2) is 8.38. The Hall–Kier alpha value is -2.80. The molecule has 31 heavy (non-hydrogen) atoms. The van der Waals surface area contributed by atoms with E-state index in [1.54, 1.807) is 13.1 Å². The molecular weight excluding hydrogens is 442 g/mol. The Bertz CT molecular complexity index is 1340. The number of hydrogen-bond donors (Lipinski definition) is 2. The lowest BCUT2D eigenvalue weighted by Gasteiger charge is -2.10. The molecule has 1 aromatic heterocycles. The van der Waals surface area contributed by atoms with E-state index in [0.29, 0.717) is 23.4 Å². The van der Waals surface area contributed by atoms with Crippen molar-refractivity contribution in [1.82, 2.24) is 13.9 Å². The molecule has 0 radical (unpaired) electrons. The number of carbonyl (C=O) groups excluding carboxylic acids is 1. The standard InChI is InChI=1S/C19H23N5O5S2/c1-23(2)31(28,29)15-8-9-17-16(12-15)22-18(24(17)3)10-11-19(25)21-13-4-6-14(7-5-13)30(20,26)27/h4-9,12H,10-11H2,1-3H3,(H,21,25)(H2,20,26,27). The molecule has 3 aromatic rings. The van der Waals surface area contributed by atoms with Crippen molar-refractivity contribution < 1.29 is 21.6 Å². The van der Waals surface area contributed by atoms with E-state index < -0.39 is 20.0 Å². The van der Waals surface area contributed by atoms with Gasteiger partial charge in [-0.2, -0.15) is 0 Å². The summed E-state index contributed by atoms with van der Waals surface area (Å²) < 4.78 is 50.2. The fourth-order valence-corrected chi connectivity index (χ4v) is 4.44. The molecule has 0 bridgehead atoms. The van der Waals surface area contributed by atoms with Gasteiger partial charge >= 0.3 is 0 Å². The molecule has 0 unspecified atom stereocenters. The van der Waals surface area contributed by atoms with Crippen molar-refractivity contribution in [2.24, 2.45) is 12.2 Å². The molecule has 2 aromatic carbocycles. The fourth-order valence-electron chi connectivity index (χ4n) is 3.00. The normalized spacial score (nSPS) is 12.4. The summed E-state index contributed by atoms with van der Waals surface area (Å²) in [4.78, 5) is 16.9. The molecule has 166 valence electrons. The molecule has 1 amide bonds. The summed E-state index contributed by atoms with van der Waals surface area (Å²) in [7, 11) is -2.64. The minimum atomic E-state index is -3.79. The molecule has 0 fully saturated rings. The van der Waals surface area contributed by atoms with E-state index in [1.807, 2.05) is 4.57 Å². The van der Waals surface area contributed by atoms with Crippen LogP contribution in [-0.4, -0.2) is 50.7 Å². The first-order valence-electron chi connectivity index (χ1n) is 9.20. The van der Waals surface area contributed by atoms with E-state index in [2.05, 4.69) is 10.3 Å². The van der Waals surface area contributed by atoms with Crippen molar-refractivity contribution in [2.75, 3.05) is 19.4 Å². The van der Waals surface area contributed by atoms with Crippen molar-refractivity contribution >= 4 is 42.7 Å². The first kappa shape index (κ1) is 22.9. The highest BCUT2D eigenvalue weighted by Crippen LogP contribution is 2.22. The number of hydrogen-bond acceptors (Lipinski definition) is 6. The van der Waals surface area contributed by atoms with Gasteiger partial charge in [0.25, 0.3) is 0 Å². The number of nitrogens with zero attached hydrogens (tertiary/aromatic N) is 3. The first-order valence-corrected chi connectivity index (χ1v) is 12.2. The van der Waals surface area contributed by atoms with Gasteiger partial charge < -0.3 is 9.88 Å². The van der Waals surface area contributed by atoms with Crippen LogP contribution in [0.15, 0.2) is 52.3 Å². The highest BCUT2D eigenvalue weighted by atomic mass is 32.2. The van der Waals surface area contributed by atoms with E-state index in [9.17, 15) is 21.6 Å². The molecule has 12 heteroatoms. The van der Waals surface area contributed by atoms with E-state index in [0.717, 1.165) is 9.82 Å². The highest BCUT2D eigenvalue weighted by molar-refractivity contribution is 7.89. The van der Waals surface area contributed by atoms with E-state index in [1.165, 1.54) is 50.5 Å². The third-order valence-corrected chi connectivity index (χ3v) is 7.51. The van der Waals surface area contributed by atoms with Crippen LogP contribution in [0.1, 0.15) is 12.2 Å². The van der Waals surface area contributed by atoms with Gasteiger partial charge in [0.05, 0.1) is 20.8 Å². The maximum absolute atomic E-state index is 12.3. The molecule has 0 aliphatic carbocycles. The molecule has 10 nitrogen and oxygen atoms in total. The van der Waals surface area contributed by atoms with Gasteiger partial charge in [0.15, 0.2) is 0 Å². The van der Waals surface area contributed by atoms with Crippen LogP contribution in [0.2, 0.25) is 0 Å². The van der Waals surface area contributed by atoms with E-state index in [-0.39, 0.29) is 22.1 Å². The smallest absolute Gasteiger partial charge is 0.242 e. The van der Waals surface area contributed by atoms with Crippen LogP contribution >= 0.6 is 0 Å². The van der Waals surface area contributed by atoms with Gasteiger partial charge in [-0.1, -0.05) is 0 Å². The summed E-state index contributed by atoms with van der Waals surface area (Å²) in [6, 6.07) is 10.3. The second-order valence-corrected chi connectivity index (χ2v) is 10.9. The predicted molar refractivity (Wildman–Crippen MR) is 116 cm³/mol. The number of carbonyl (C=O) groups is 1. The topological polar surface area (TPSA) is 144 Å². The Labute approximate surface area is 180 Å². The number of amides is 1. The Kier molecular flexibility index (Phi) is 6.18. The van der Waals surface area contributed by atoms with Crippen LogP contribution < -0.4 is 10.5 Å². The minimum Gasteiger partial charge on any atom is -0.331 e. The van der Waals surface area contributed by atoms with Gasteiger partial charge in [-0.3, -0.25) is 4.79 Å². The average Bonchev–Trinajstić information content (AvgIpc) is 3.01.